The first-order valence-electron chi connectivity index (χ1n) is 11.2. The molecule has 6 heteroatoms. The normalized spacial score (nSPS) is 11.4. The number of nitrogens with one attached hydrogen (secondary N) is 1. The van der Waals surface area contributed by atoms with Crippen molar-refractivity contribution in [1.82, 2.24) is 15.0 Å². The van der Waals surface area contributed by atoms with Gasteiger partial charge in [0.05, 0.1) is 15.6 Å². The zero-order valence-corrected chi connectivity index (χ0v) is 20.5. The molecule has 6 aromatic rings. The second-order valence-corrected chi connectivity index (χ2v) is 10.2. The Kier molecular flexibility index (Phi) is 5.32. The molecule has 0 aliphatic rings. The van der Waals surface area contributed by atoms with Crippen LogP contribution >= 0.6 is 22.7 Å². The molecule has 0 spiro atoms. The summed E-state index contributed by atoms with van der Waals surface area (Å²) >= 11 is 3.38. The summed E-state index contributed by atoms with van der Waals surface area (Å²) in [5.74, 6) is 0.823. The molecule has 0 fully saturated rings. The Morgan fingerprint density at radius 2 is 1.68 bits per heavy atom. The summed E-state index contributed by atoms with van der Waals surface area (Å²) in [7, 11) is 0. The van der Waals surface area contributed by atoms with Crippen LogP contribution in [-0.4, -0.2) is 15.0 Å². The fourth-order valence-electron chi connectivity index (χ4n) is 4.09. The lowest BCUT2D eigenvalue weighted by Gasteiger charge is -2.09. The van der Waals surface area contributed by atoms with Gasteiger partial charge in [-0.15, -0.1) is 22.7 Å². The van der Waals surface area contributed by atoms with Crippen molar-refractivity contribution in [2.75, 3.05) is 5.32 Å². The largest absolute Gasteiger partial charge is 0.340 e. The summed E-state index contributed by atoms with van der Waals surface area (Å²) in [5, 5.41) is 7.78. The fraction of sp³-hybridized carbons (Fsp3) is 0.107. The lowest BCUT2D eigenvalue weighted by atomic mass is 10.0. The lowest BCUT2D eigenvalue weighted by molar-refractivity contribution is 1.14. The maximum atomic E-state index is 4.81. The van der Waals surface area contributed by atoms with E-state index in [1.807, 2.05) is 0 Å². The van der Waals surface area contributed by atoms with Gasteiger partial charge in [0.15, 0.2) is 0 Å². The van der Waals surface area contributed by atoms with E-state index in [2.05, 4.69) is 101 Å². The number of aromatic nitrogens is 3. The van der Waals surface area contributed by atoms with Gasteiger partial charge in [-0.05, 0) is 66.4 Å². The number of aryl methyl sites for hydroxylation is 2. The molecule has 0 amide bonds. The minimum atomic E-state index is 0.823. The molecule has 0 aliphatic heterocycles. The molecule has 3 aromatic carbocycles. The minimum absolute atomic E-state index is 0.823. The molecule has 0 bridgehead atoms. The molecule has 0 aliphatic carbocycles. The SMILES string of the molecule is CCc1ccc(-c2csc3ncnc(Nc4ccc(-c5nc6ccc(C)cc6s5)cc4)c23)cc1. The third-order valence-corrected chi connectivity index (χ3v) is 7.94. The number of nitrogens with zero attached hydrogens (tertiary/aromatic N) is 3. The predicted molar refractivity (Wildman–Crippen MR) is 145 cm³/mol. The van der Waals surface area contributed by atoms with Gasteiger partial charge in [0.2, 0.25) is 0 Å². The Balaban J connectivity index is 1.32. The number of fused-ring (bicyclic) bond motifs is 2. The van der Waals surface area contributed by atoms with Crippen molar-refractivity contribution in [3.63, 3.8) is 0 Å². The van der Waals surface area contributed by atoms with E-state index in [0.717, 1.165) is 49.8 Å². The van der Waals surface area contributed by atoms with Crippen molar-refractivity contribution in [3.8, 4) is 21.7 Å². The molecule has 166 valence electrons. The third kappa shape index (κ3) is 3.85. The summed E-state index contributed by atoms with van der Waals surface area (Å²) < 4.78 is 1.22. The van der Waals surface area contributed by atoms with E-state index in [1.54, 1.807) is 29.0 Å². The predicted octanol–water partition coefficient (Wildman–Crippen LogP) is 8.25. The molecule has 6 rings (SSSR count). The molecule has 0 unspecified atom stereocenters. The summed E-state index contributed by atoms with van der Waals surface area (Å²) in [6.07, 6.45) is 2.66. The first kappa shape index (κ1) is 21.0. The molecule has 34 heavy (non-hydrogen) atoms. The van der Waals surface area contributed by atoms with Crippen molar-refractivity contribution in [1.29, 1.82) is 0 Å². The van der Waals surface area contributed by atoms with Gasteiger partial charge in [-0.25, -0.2) is 15.0 Å². The van der Waals surface area contributed by atoms with Gasteiger partial charge >= 0.3 is 0 Å². The first-order chi connectivity index (χ1) is 16.7. The monoisotopic (exact) mass is 478 g/mol. The van der Waals surface area contributed by atoms with Gasteiger partial charge in [-0.3, -0.25) is 0 Å². The van der Waals surface area contributed by atoms with Crippen molar-refractivity contribution in [3.05, 3.63) is 89.6 Å². The number of hydrogen-bond acceptors (Lipinski definition) is 6. The number of rotatable bonds is 5. The average molecular weight is 479 g/mol. The second-order valence-electron chi connectivity index (χ2n) is 8.29. The van der Waals surface area contributed by atoms with Gasteiger partial charge < -0.3 is 5.32 Å². The van der Waals surface area contributed by atoms with Crippen LogP contribution in [0.15, 0.2) is 78.4 Å². The quantitative estimate of drug-likeness (QED) is 0.271. The molecule has 3 aromatic heterocycles. The highest BCUT2D eigenvalue weighted by atomic mass is 32.1. The Hall–Kier alpha value is -3.61. The van der Waals surface area contributed by atoms with Gasteiger partial charge in [0.25, 0.3) is 0 Å². The number of anilines is 2. The maximum Gasteiger partial charge on any atom is 0.143 e. The summed E-state index contributed by atoms with van der Waals surface area (Å²) in [4.78, 5) is 14.9. The highest BCUT2D eigenvalue weighted by molar-refractivity contribution is 7.21. The fourth-order valence-corrected chi connectivity index (χ4v) is 6.08. The zero-order chi connectivity index (χ0) is 23.1. The number of thiophene rings is 1. The summed E-state index contributed by atoms with van der Waals surface area (Å²) in [6, 6.07) is 23.6. The van der Waals surface area contributed by atoms with Crippen LogP contribution in [0.25, 0.3) is 42.1 Å². The molecule has 3 heterocycles. The van der Waals surface area contributed by atoms with Gasteiger partial charge in [-0.1, -0.05) is 37.3 Å². The number of hydrogen-bond donors (Lipinski definition) is 1. The van der Waals surface area contributed by atoms with Crippen LogP contribution in [0.1, 0.15) is 18.1 Å². The van der Waals surface area contributed by atoms with E-state index in [9.17, 15) is 0 Å². The van der Waals surface area contributed by atoms with E-state index < -0.39 is 0 Å². The van der Waals surface area contributed by atoms with E-state index in [-0.39, 0.29) is 0 Å². The average Bonchev–Trinajstić information content (AvgIpc) is 3.49. The summed E-state index contributed by atoms with van der Waals surface area (Å²) in [5.41, 5.74) is 8.08. The second kappa shape index (κ2) is 8.63. The molecule has 1 N–H and O–H groups in total. The topological polar surface area (TPSA) is 50.7 Å². The molecule has 0 atom stereocenters. The molecular formula is C28H22N4S2. The minimum Gasteiger partial charge on any atom is -0.340 e. The molecular weight excluding hydrogens is 456 g/mol. The third-order valence-electron chi connectivity index (χ3n) is 5.98. The van der Waals surface area contributed by atoms with Crippen LogP contribution in [0.2, 0.25) is 0 Å². The smallest absolute Gasteiger partial charge is 0.143 e. The van der Waals surface area contributed by atoms with Crippen molar-refractivity contribution in [2.45, 2.75) is 20.3 Å². The highest BCUT2D eigenvalue weighted by Gasteiger charge is 2.14. The zero-order valence-electron chi connectivity index (χ0n) is 18.9. The molecule has 0 saturated carbocycles. The summed E-state index contributed by atoms with van der Waals surface area (Å²) in [6.45, 7) is 4.29. The van der Waals surface area contributed by atoms with Crippen LogP contribution in [0.5, 0.6) is 0 Å². The Morgan fingerprint density at radius 3 is 2.47 bits per heavy atom. The van der Waals surface area contributed by atoms with Gasteiger partial charge in [0.1, 0.15) is 22.0 Å². The van der Waals surface area contributed by atoms with Crippen LogP contribution in [0.4, 0.5) is 11.5 Å². The molecule has 0 radical (unpaired) electrons. The molecule has 0 saturated heterocycles. The Morgan fingerprint density at radius 1 is 0.882 bits per heavy atom. The van der Waals surface area contributed by atoms with Crippen molar-refractivity contribution < 1.29 is 0 Å². The maximum absolute atomic E-state index is 4.81. The van der Waals surface area contributed by atoms with E-state index >= 15 is 0 Å². The van der Waals surface area contributed by atoms with Crippen LogP contribution in [0, 0.1) is 6.92 Å². The van der Waals surface area contributed by atoms with E-state index in [1.165, 1.54) is 21.4 Å². The van der Waals surface area contributed by atoms with Gasteiger partial charge in [-0.2, -0.15) is 0 Å². The lowest BCUT2D eigenvalue weighted by Crippen LogP contribution is -1.95. The Labute approximate surface area is 206 Å². The standard InChI is InChI=1S/C28H22N4S2/c1-3-18-5-7-19(8-6-18)22-15-33-28-25(22)26(29-16-30-28)31-21-11-9-20(10-12-21)27-32-23-13-4-17(2)14-24(23)34-27/h4-16H,3H2,1-2H3,(H,29,30,31). The number of thiazole rings is 1. The highest BCUT2D eigenvalue weighted by Crippen LogP contribution is 2.38. The van der Waals surface area contributed by atoms with Crippen LogP contribution < -0.4 is 5.32 Å². The Bertz CT molecular complexity index is 1610. The van der Waals surface area contributed by atoms with E-state index in [4.69, 9.17) is 4.98 Å². The molecule has 4 nitrogen and oxygen atoms in total. The van der Waals surface area contributed by atoms with Gasteiger partial charge in [0, 0.05) is 22.2 Å². The van der Waals surface area contributed by atoms with Crippen molar-refractivity contribution in [2.24, 2.45) is 0 Å². The van der Waals surface area contributed by atoms with E-state index in [0.29, 0.717) is 0 Å². The number of benzene rings is 3. The van der Waals surface area contributed by atoms with Crippen LogP contribution in [0.3, 0.4) is 0 Å². The van der Waals surface area contributed by atoms with Crippen molar-refractivity contribution >= 4 is 54.6 Å². The van der Waals surface area contributed by atoms with Crippen LogP contribution in [-0.2, 0) is 6.42 Å². The first-order valence-corrected chi connectivity index (χ1v) is 12.9.